The van der Waals surface area contributed by atoms with Crippen molar-refractivity contribution < 1.29 is 19.1 Å². The number of carbonyl (C=O) groups is 2. The van der Waals surface area contributed by atoms with Crippen molar-refractivity contribution in [3.05, 3.63) is 39.8 Å². The molecule has 2 aromatic rings. The summed E-state index contributed by atoms with van der Waals surface area (Å²) in [7, 11) is 0. The topological polar surface area (TPSA) is 97.1 Å². The van der Waals surface area contributed by atoms with Crippen LogP contribution in [0.15, 0.2) is 18.2 Å². The van der Waals surface area contributed by atoms with Crippen LogP contribution in [0, 0.1) is 0 Å². The summed E-state index contributed by atoms with van der Waals surface area (Å²) in [6.07, 6.45) is 2.86. The van der Waals surface area contributed by atoms with Crippen molar-refractivity contribution in [1.82, 2.24) is 9.80 Å². The standard InChI is InChI=1S/C23H28N4O4S/c1-14(22(29)25-23-20(21(24)28)16-3-2-4-19(16)32-23)27-9-7-26(8-10-27)12-15-5-6-17-18(11-15)31-13-30-17/h5-6,11,14H,2-4,7-10,12-13H2,1H3,(H2,24,28)(H,25,29)/t14-/m0/s1. The largest absolute Gasteiger partial charge is 0.454 e. The van der Waals surface area contributed by atoms with Crippen LogP contribution in [0.25, 0.3) is 0 Å². The zero-order valence-electron chi connectivity index (χ0n) is 18.2. The zero-order chi connectivity index (χ0) is 22.2. The van der Waals surface area contributed by atoms with Crippen LogP contribution in [0.5, 0.6) is 11.5 Å². The first-order valence-electron chi connectivity index (χ1n) is 11.1. The van der Waals surface area contributed by atoms with Gasteiger partial charge in [-0.2, -0.15) is 0 Å². The normalized spacial score (nSPS) is 19.0. The Labute approximate surface area is 191 Å². The molecule has 1 atom stereocenters. The van der Waals surface area contributed by atoms with Gasteiger partial charge in [-0.05, 0) is 49.4 Å². The van der Waals surface area contributed by atoms with Crippen molar-refractivity contribution in [1.29, 1.82) is 0 Å². The highest BCUT2D eigenvalue weighted by Gasteiger charge is 2.30. The maximum Gasteiger partial charge on any atom is 0.251 e. The first kappa shape index (κ1) is 21.2. The van der Waals surface area contributed by atoms with Gasteiger partial charge in [0.25, 0.3) is 5.91 Å². The number of rotatable bonds is 6. The molecule has 0 spiro atoms. The molecule has 1 aromatic carbocycles. The van der Waals surface area contributed by atoms with E-state index < -0.39 is 5.91 Å². The SMILES string of the molecule is C[C@@H](C(=O)Nc1sc2c(c1C(N)=O)CCC2)N1CCN(Cc2ccc3c(c2)OCO3)CC1. The van der Waals surface area contributed by atoms with E-state index in [1.165, 1.54) is 21.8 Å². The van der Waals surface area contributed by atoms with Gasteiger partial charge < -0.3 is 20.5 Å². The van der Waals surface area contributed by atoms with Crippen LogP contribution >= 0.6 is 11.3 Å². The van der Waals surface area contributed by atoms with Crippen LogP contribution in [0.3, 0.4) is 0 Å². The molecule has 2 aliphatic heterocycles. The molecule has 9 heteroatoms. The molecule has 8 nitrogen and oxygen atoms in total. The van der Waals surface area contributed by atoms with Crippen molar-refractivity contribution in [2.24, 2.45) is 5.73 Å². The average Bonchev–Trinajstić information content (AvgIpc) is 3.49. The van der Waals surface area contributed by atoms with E-state index in [9.17, 15) is 9.59 Å². The summed E-state index contributed by atoms with van der Waals surface area (Å²) < 4.78 is 10.9. The van der Waals surface area contributed by atoms with E-state index in [4.69, 9.17) is 15.2 Å². The highest BCUT2D eigenvalue weighted by molar-refractivity contribution is 7.17. The minimum Gasteiger partial charge on any atom is -0.454 e. The fourth-order valence-electron chi connectivity index (χ4n) is 4.74. The molecule has 2 amide bonds. The van der Waals surface area contributed by atoms with Gasteiger partial charge in [0.15, 0.2) is 11.5 Å². The molecule has 1 fully saturated rings. The van der Waals surface area contributed by atoms with Crippen LogP contribution in [-0.4, -0.2) is 60.6 Å². The van der Waals surface area contributed by atoms with Gasteiger partial charge in [-0.1, -0.05) is 6.07 Å². The fourth-order valence-corrected chi connectivity index (χ4v) is 6.04. The zero-order valence-corrected chi connectivity index (χ0v) is 19.0. The minimum atomic E-state index is -0.454. The summed E-state index contributed by atoms with van der Waals surface area (Å²) >= 11 is 1.50. The summed E-state index contributed by atoms with van der Waals surface area (Å²) in [5.74, 6) is 1.07. The maximum atomic E-state index is 13.0. The number of carbonyl (C=O) groups excluding carboxylic acids is 2. The van der Waals surface area contributed by atoms with Crippen molar-refractivity contribution in [3.63, 3.8) is 0 Å². The Balaban J connectivity index is 1.16. The molecule has 1 aromatic heterocycles. The number of nitrogens with zero attached hydrogens (tertiary/aromatic N) is 2. The number of primary amides is 1. The molecule has 3 N–H and O–H groups in total. The smallest absolute Gasteiger partial charge is 0.251 e. The summed E-state index contributed by atoms with van der Waals surface area (Å²) in [6, 6.07) is 5.80. The molecule has 1 saturated heterocycles. The number of nitrogens with two attached hydrogens (primary N) is 1. The Bertz CT molecular complexity index is 1040. The second-order valence-electron chi connectivity index (χ2n) is 8.59. The maximum absolute atomic E-state index is 13.0. The second kappa shape index (κ2) is 8.73. The average molecular weight is 457 g/mol. The van der Waals surface area contributed by atoms with Crippen LogP contribution in [-0.2, 0) is 24.2 Å². The van der Waals surface area contributed by atoms with Crippen molar-refractivity contribution in [3.8, 4) is 11.5 Å². The lowest BCUT2D eigenvalue weighted by molar-refractivity contribution is -0.121. The Hall–Kier alpha value is -2.62. The van der Waals surface area contributed by atoms with Crippen molar-refractivity contribution in [2.75, 3.05) is 38.3 Å². The summed E-state index contributed by atoms with van der Waals surface area (Å²) in [6.45, 7) is 6.43. The van der Waals surface area contributed by atoms with Gasteiger partial charge >= 0.3 is 0 Å². The van der Waals surface area contributed by atoms with E-state index in [-0.39, 0.29) is 18.7 Å². The number of ether oxygens (including phenoxy) is 2. The van der Waals surface area contributed by atoms with Crippen molar-refractivity contribution >= 4 is 28.2 Å². The number of thiophene rings is 1. The van der Waals surface area contributed by atoms with E-state index >= 15 is 0 Å². The molecule has 3 heterocycles. The van der Waals surface area contributed by atoms with Gasteiger partial charge in [-0.15, -0.1) is 11.3 Å². The molecule has 32 heavy (non-hydrogen) atoms. The van der Waals surface area contributed by atoms with Gasteiger partial charge in [0.05, 0.1) is 11.6 Å². The number of benzene rings is 1. The summed E-state index contributed by atoms with van der Waals surface area (Å²) in [4.78, 5) is 30.7. The number of hydrogen-bond donors (Lipinski definition) is 2. The minimum absolute atomic E-state index is 0.0864. The van der Waals surface area contributed by atoms with Crippen molar-refractivity contribution in [2.45, 2.75) is 38.8 Å². The third-order valence-electron chi connectivity index (χ3n) is 6.58. The molecular formula is C23H28N4O4S. The van der Waals surface area contributed by atoms with Gasteiger partial charge in [-0.3, -0.25) is 19.4 Å². The Morgan fingerprint density at radius 2 is 1.94 bits per heavy atom. The van der Waals surface area contributed by atoms with E-state index in [1.807, 2.05) is 19.1 Å². The van der Waals surface area contributed by atoms with E-state index in [0.29, 0.717) is 10.6 Å². The molecule has 5 rings (SSSR count). The molecule has 0 unspecified atom stereocenters. The van der Waals surface area contributed by atoms with E-state index in [1.54, 1.807) is 0 Å². The lowest BCUT2D eigenvalue weighted by Crippen LogP contribution is -2.52. The lowest BCUT2D eigenvalue weighted by Gasteiger charge is -2.37. The number of aryl methyl sites for hydroxylation is 1. The Morgan fingerprint density at radius 3 is 2.72 bits per heavy atom. The monoisotopic (exact) mass is 456 g/mol. The molecule has 0 radical (unpaired) electrons. The Kier molecular flexibility index (Phi) is 5.79. The van der Waals surface area contributed by atoms with Crippen LogP contribution in [0.1, 0.15) is 39.7 Å². The number of anilines is 1. The van der Waals surface area contributed by atoms with Gasteiger partial charge in [0.1, 0.15) is 5.00 Å². The second-order valence-corrected chi connectivity index (χ2v) is 9.70. The summed E-state index contributed by atoms with van der Waals surface area (Å²) in [5, 5.41) is 3.60. The quantitative estimate of drug-likeness (QED) is 0.692. The van der Waals surface area contributed by atoms with Crippen LogP contribution in [0.4, 0.5) is 5.00 Å². The third kappa shape index (κ3) is 4.07. The lowest BCUT2D eigenvalue weighted by atomic mass is 10.1. The summed E-state index contributed by atoms with van der Waals surface area (Å²) in [5.41, 5.74) is 8.35. The van der Waals surface area contributed by atoms with Gasteiger partial charge in [0, 0.05) is 37.6 Å². The highest BCUT2D eigenvalue weighted by atomic mass is 32.1. The highest BCUT2D eigenvalue weighted by Crippen LogP contribution is 2.39. The molecule has 3 aliphatic rings. The van der Waals surface area contributed by atoms with Crippen LogP contribution < -0.4 is 20.5 Å². The number of nitrogens with one attached hydrogen (secondary N) is 1. The van der Waals surface area contributed by atoms with Gasteiger partial charge in [-0.25, -0.2) is 0 Å². The number of hydrogen-bond acceptors (Lipinski definition) is 7. The van der Waals surface area contributed by atoms with E-state index in [0.717, 1.165) is 69.0 Å². The van der Waals surface area contributed by atoms with E-state index in [2.05, 4.69) is 21.2 Å². The number of piperazine rings is 1. The van der Waals surface area contributed by atoms with Crippen LogP contribution in [0.2, 0.25) is 0 Å². The Morgan fingerprint density at radius 1 is 1.16 bits per heavy atom. The van der Waals surface area contributed by atoms with Gasteiger partial charge in [0.2, 0.25) is 12.7 Å². The fraction of sp³-hybridized carbons (Fsp3) is 0.478. The number of fused-ring (bicyclic) bond motifs is 2. The predicted molar refractivity (Wildman–Crippen MR) is 122 cm³/mol. The predicted octanol–water partition coefficient (Wildman–Crippen LogP) is 2.21. The molecular weight excluding hydrogens is 428 g/mol. The first-order valence-corrected chi connectivity index (χ1v) is 11.9. The molecule has 0 saturated carbocycles. The number of amides is 2. The first-order chi connectivity index (χ1) is 15.5. The molecule has 1 aliphatic carbocycles. The molecule has 170 valence electrons. The third-order valence-corrected chi connectivity index (χ3v) is 7.79. The molecule has 0 bridgehead atoms.